The van der Waals surface area contributed by atoms with Crippen molar-refractivity contribution in [3.8, 4) is 0 Å². The Morgan fingerprint density at radius 1 is 1.12 bits per heavy atom. The molecule has 1 heteroatoms. The Bertz CT molecular complexity index is 246. The smallest absolute Gasteiger partial charge is 0.0685 e. The first kappa shape index (κ1) is 11.1. The fraction of sp³-hybridized carbons (Fsp3) is 1.00. The van der Waals surface area contributed by atoms with E-state index in [9.17, 15) is 0 Å². The zero-order valence-electron chi connectivity index (χ0n) is 10.9. The third-order valence-electron chi connectivity index (χ3n) is 5.43. The van der Waals surface area contributed by atoms with Crippen LogP contribution in [0.25, 0.3) is 0 Å². The molecule has 1 aliphatic heterocycles. The average Bonchev–Trinajstić information content (AvgIpc) is 3.03. The van der Waals surface area contributed by atoms with Crippen LogP contribution in [0.1, 0.15) is 58.8 Å². The molecule has 0 aromatic rings. The number of hydrogen-bond donors (Lipinski definition) is 0. The average molecular weight is 222 g/mol. The van der Waals surface area contributed by atoms with Gasteiger partial charge < -0.3 is 4.74 Å². The molecule has 0 amide bonds. The van der Waals surface area contributed by atoms with E-state index in [0.29, 0.717) is 5.60 Å². The van der Waals surface area contributed by atoms with E-state index in [2.05, 4.69) is 13.8 Å². The summed E-state index contributed by atoms with van der Waals surface area (Å²) in [5.41, 5.74) is 0.306. The molecule has 92 valence electrons. The van der Waals surface area contributed by atoms with Crippen LogP contribution in [0, 0.1) is 23.7 Å². The molecule has 3 aliphatic rings. The molecule has 2 saturated carbocycles. The fourth-order valence-electron chi connectivity index (χ4n) is 3.97. The standard InChI is InChI=1S/C15H26O/c1-11(2)13-4-3-6-15(9-13)7-5-12-8-14(12)10-16-15/h11-14H,3-10H2,1-2H3/t12-,13-,14-,15+/m1/s1. The van der Waals surface area contributed by atoms with E-state index >= 15 is 0 Å². The van der Waals surface area contributed by atoms with Gasteiger partial charge in [0.2, 0.25) is 0 Å². The van der Waals surface area contributed by atoms with Crippen molar-refractivity contribution in [3.63, 3.8) is 0 Å². The van der Waals surface area contributed by atoms with Gasteiger partial charge in [0.25, 0.3) is 0 Å². The molecule has 0 aromatic carbocycles. The van der Waals surface area contributed by atoms with Gasteiger partial charge in [-0.2, -0.15) is 0 Å². The first-order valence-electron chi connectivity index (χ1n) is 7.32. The third kappa shape index (κ3) is 2.03. The topological polar surface area (TPSA) is 9.23 Å². The van der Waals surface area contributed by atoms with E-state index in [1.165, 1.54) is 44.9 Å². The minimum Gasteiger partial charge on any atom is -0.375 e. The second kappa shape index (κ2) is 4.01. The van der Waals surface area contributed by atoms with Crippen LogP contribution in [-0.2, 0) is 4.74 Å². The number of hydrogen-bond acceptors (Lipinski definition) is 1. The van der Waals surface area contributed by atoms with Crippen LogP contribution in [0.5, 0.6) is 0 Å². The van der Waals surface area contributed by atoms with E-state index in [-0.39, 0.29) is 0 Å². The molecule has 3 rings (SSSR count). The highest BCUT2D eigenvalue weighted by Gasteiger charge is 2.46. The number of ether oxygens (including phenoxy) is 1. The summed E-state index contributed by atoms with van der Waals surface area (Å²) < 4.78 is 6.37. The highest BCUT2D eigenvalue weighted by Crippen LogP contribution is 2.51. The molecule has 4 atom stereocenters. The SMILES string of the molecule is CC(C)[C@@H]1CCC[C@]2(CC[C@@H]3C[C@@H]3CO2)C1. The van der Waals surface area contributed by atoms with E-state index in [1.54, 1.807) is 0 Å². The molecule has 1 saturated heterocycles. The lowest BCUT2D eigenvalue weighted by molar-refractivity contribution is -0.0911. The quantitative estimate of drug-likeness (QED) is 0.651. The zero-order chi connectivity index (χ0) is 11.2. The van der Waals surface area contributed by atoms with Crippen LogP contribution in [0.2, 0.25) is 0 Å². The molecular formula is C15H26O. The first-order chi connectivity index (χ1) is 7.69. The van der Waals surface area contributed by atoms with Gasteiger partial charge in [-0.05, 0) is 62.2 Å². The van der Waals surface area contributed by atoms with Crippen LogP contribution in [0.15, 0.2) is 0 Å². The maximum absolute atomic E-state index is 6.37. The molecule has 1 nitrogen and oxygen atoms in total. The van der Waals surface area contributed by atoms with Gasteiger partial charge in [-0.25, -0.2) is 0 Å². The highest BCUT2D eigenvalue weighted by atomic mass is 16.5. The summed E-state index contributed by atoms with van der Waals surface area (Å²) in [6.07, 6.45) is 9.81. The zero-order valence-corrected chi connectivity index (χ0v) is 10.9. The molecule has 0 bridgehead atoms. The molecule has 1 heterocycles. The predicted octanol–water partition coefficient (Wildman–Crippen LogP) is 4.02. The summed E-state index contributed by atoms with van der Waals surface area (Å²) in [4.78, 5) is 0. The van der Waals surface area contributed by atoms with Crippen LogP contribution in [-0.4, -0.2) is 12.2 Å². The van der Waals surface area contributed by atoms with E-state index in [1.807, 2.05) is 0 Å². The molecule has 2 aliphatic carbocycles. The highest BCUT2D eigenvalue weighted by molar-refractivity contribution is 4.97. The van der Waals surface area contributed by atoms with Gasteiger partial charge in [-0.15, -0.1) is 0 Å². The second-order valence-corrected chi connectivity index (χ2v) is 6.89. The van der Waals surface area contributed by atoms with Crippen molar-refractivity contribution < 1.29 is 4.74 Å². The Hall–Kier alpha value is -0.0400. The van der Waals surface area contributed by atoms with Crippen molar-refractivity contribution in [2.24, 2.45) is 23.7 Å². The van der Waals surface area contributed by atoms with Crippen molar-refractivity contribution in [3.05, 3.63) is 0 Å². The maximum Gasteiger partial charge on any atom is 0.0685 e. The molecular weight excluding hydrogens is 196 g/mol. The summed E-state index contributed by atoms with van der Waals surface area (Å²) >= 11 is 0. The van der Waals surface area contributed by atoms with E-state index in [4.69, 9.17) is 4.74 Å². The van der Waals surface area contributed by atoms with Gasteiger partial charge in [0.15, 0.2) is 0 Å². The minimum absolute atomic E-state index is 0.306. The fourth-order valence-corrected chi connectivity index (χ4v) is 3.97. The number of fused-ring (bicyclic) bond motifs is 1. The van der Waals surface area contributed by atoms with Crippen molar-refractivity contribution >= 4 is 0 Å². The largest absolute Gasteiger partial charge is 0.375 e. The Morgan fingerprint density at radius 3 is 2.81 bits per heavy atom. The lowest BCUT2D eigenvalue weighted by Crippen LogP contribution is -2.39. The summed E-state index contributed by atoms with van der Waals surface area (Å²) in [7, 11) is 0. The molecule has 0 N–H and O–H groups in total. The maximum atomic E-state index is 6.37. The Kier molecular flexibility index (Phi) is 2.78. The summed E-state index contributed by atoms with van der Waals surface area (Å²) in [6, 6.07) is 0. The van der Waals surface area contributed by atoms with Crippen molar-refractivity contribution in [1.82, 2.24) is 0 Å². The van der Waals surface area contributed by atoms with Crippen molar-refractivity contribution in [1.29, 1.82) is 0 Å². The van der Waals surface area contributed by atoms with Crippen LogP contribution < -0.4 is 0 Å². The lowest BCUT2D eigenvalue weighted by atomic mass is 9.71. The Balaban J connectivity index is 1.66. The van der Waals surface area contributed by atoms with Gasteiger partial charge >= 0.3 is 0 Å². The molecule has 16 heavy (non-hydrogen) atoms. The van der Waals surface area contributed by atoms with Gasteiger partial charge in [0.1, 0.15) is 0 Å². The van der Waals surface area contributed by atoms with Crippen LogP contribution >= 0.6 is 0 Å². The van der Waals surface area contributed by atoms with Gasteiger partial charge in [0, 0.05) is 0 Å². The predicted molar refractivity (Wildman–Crippen MR) is 66.3 cm³/mol. The summed E-state index contributed by atoms with van der Waals surface area (Å²) in [5.74, 6) is 3.75. The Labute approximate surface area is 99.9 Å². The summed E-state index contributed by atoms with van der Waals surface area (Å²) in [5, 5.41) is 0. The van der Waals surface area contributed by atoms with E-state index < -0.39 is 0 Å². The second-order valence-electron chi connectivity index (χ2n) is 6.89. The monoisotopic (exact) mass is 222 g/mol. The molecule has 0 radical (unpaired) electrons. The van der Waals surface area contributed by atoms with Crippen molar-refractivity contribution in [2.75, 3.05) is 6.61 Å². The van der Waals surface area contributed by atoms with Gasteiger partial charge in [0.05, 0.1) is 12.2 Å². The van der Waals surface area contributed by atoms with Gasteiger partial charge in [-0.3, -0.25) is 0 Å². The van der Waals surface area contributed by atoms with Crippen molar-refractivity contribution in [2.45, 2.75) is 64.4 Å². The lowest BCUT2D eigenvalue weighted by Gasteiger charge is -2.42. The van der Waals surface area contributed by atoms with E-state index in [0.717, 1.165) is 30.3 Å². The molecule has 0 aromatic heterocycles. The summed E-state index contributed by atoms with van der Waals surface area (Å²) in [6.45, 7) is 5.85. The Morgan fingerprint density at radius 2 is 2.00 bits per heavy atom. The van der Waals surface area contributed by atoms with Gasteiger partial charge in [-0.1, -0.05) is 20.3 Å². The molecule has 0 unspecified atom stereocenters. The third-order valence-corrected chi connectivity index (χ3v) is 5.43. The molecule has 3 fully saturated rings. The first-order valence-corrected chi connectivity index (χ1v) is 7.32. The van der Waals surface area contributed by atoms with Crippen LogP contribution in [0.4, 0.5) is 0 Å². The van der Waals surface area contributed by atoms with Crippen LogP contribution in [0.3, 0.4) is 0 Å². The number of rotatable bonds is 1. The normalized spacial score (nSPS) is 47.8. The minimum atomic E-state index is 0.306. The molecule has 1 spiro atoms.